The quantitative estimate of drug-likeness (QED) is 0.830. The summed E-state index contributed by atoms with van der Waals surface area (Å²) in [6.07, 6.45) is 2.74. The molecule has 1 atom stereocenters. The van der Waals surface area contributed by atoms with E-state index in [2.05, 4.69) is 15.1 Å². The molecule has 2 fully saturated rings. The van der Waals surface area contributed by atoms with Crippen molar-refractivity contribution in [1.29, 1.82) is 0 Å². The van der Waals surface area contributed by atoms with E-state index in [4.69, 9.17) is 11.3 Å². The normalized spacial score (nSPS) is 19.5. The Morgan fingerprint density at radius 2 is 2.15 bits per heavy atom. The predicted octanol–water partition coefficient (Wildman–Crippen LogP) is 2.86. The fourth-order valence-corrected chi connectivity index (χ4v) is 3.51. The number of carbonyl (C=O) groups excluding carboxylic acids is 2. The summed E-state index contributed by atoms with van der Waals surface area (Å²) < 4.78 is 5.33. The van der Waals surface area contributed by atoms with Gasteiger partial charge in [-0.3, -0.25) is 9.69 Å². The molecule has 0 unspecified atom stereocenters. The van der Waals surface area contributed by atoms with E-state index in [1.807, 2.05) is 25.1 Å². The van der Waals surface area contributed by atoms with Crippen molar-refractivity contribution in [2.24, 2.45) is 0 Å². The summed E-state index contributed by atoms with van der Waals surface area (Å²) in [5.41, 5.74) is 4.27. The highest BCUT2D eigenvalue weighted by molar-refractivity contribution is 5.90. The molecule has 27 heavy (non-hydrogen) atoms. The van der Waals surface area contributed by atoms with E-state index >= 15 is 0 Å². The number of ether oxygens (including phenoxy) is 1. The van der Waals surface area contributed by atoms with Crippen molar-refractivity contribution in [3.63, 3.8) is 0 Å². The first kappa shape index (κ1) is 18.8. The third-order valence-corrected chi connectivity index (χ3v) is 4.94. The molecule has 0 aliphatic carbocycles. The van der Waals surface area contributed by atoms with Crippen LogP contribution >= 0.6 is 0 Å². The zero-order valence-electron chi connectivity index (χ0n) is 15.7. The van der Waals surface area contributed by atoms with Gasteiger partial charge < -0.3 is 15.0 Å². The number of amides is 2. The maximum atomic E-state index is 12.2. The average molecular weight is 368 g/mol. The monoisotopic (exact) mass is 368 g/mol. The van der Waals surface area contributed by atoms with E-state index < -0.39 is 0 Å². The van der Waals surface area contributed by atoms with Crippen molar-refractivity contribution >= 4 is 23.4 Å². The molecule has 0 bridgehead atoms. The molecule has 2 aliphatic rings. The summed E-state index contributed by atoms with van der Waals surface area (Å²) in [7, 11) is 0. The summed E-state index contributed by atoms with van der Waals surface area (Å²) in [5, 5.41) is 2.68. The molecule has 2 heterocycles. The molecule has 2 amide bonds. The lowest BCUT2D eigenvalue weighted by molar-refractivity contribution is -0.119. The number of aryl methyl sites for hydroxylation is 1. The molecule has 7 heteroatoms. The predicted molar refractivity (Wildman–Crippen MR) is 104 cm³/mol. The van der Waals surface area contributed by atoms with Crippen LogP contribution < -0.4 is 15.1 Å². The number of carbonyl (C=O) groups is 2. The number of hydrogen-bond acceptors (Lipinski definition) is 4. The SMILES string of the molecule is [C-]#[N+]C=C1CCN(c2ccc(N3C[C@H](CNC(C)=O)OC3=O)cc2C)CC1. The lowest BCUT2D eigenvalue weighted by Crippen LogP contribution is -2.33. The molecular weight excluding hydrogens is 344 g/mol. The number of nitrogens with one attached hydrogen (secondary N) is 1. The first-order valence-electron chi connectivity index (χ1n) is 9.10. The number of benzene rings is 1. The summed E-state index contributed by atoms with van der Waals surface area (Å²) in [6, 6.07) is 5.99. The number of anilines is 2. The maximum Gasteiger partial charge on any atom is 0.414 e. The van der Waals surface area contributed by atoms with Crippen LogP contribution in [0, 0.1) is 13.5 Å². The van der Waals surface area contributed by atoms with Crippen molar-refractivity contribution in [2.75, 3.05) is 36.0 Å². The van der Waals surface area contributed by atoms with Crippen molar-refractivity contribution in [2.45, 2.75) is 32.8 Å². The molecule has 0 radical (unpaired) electrons. The Labute approximate surface area is 159 Å². The largest absolute Gasteiger partial charge is 0.442 e. The Balaban J connectivity index is 1.67. The molecule has 142 valence electrons. The lowest BCUT2D eigenvalue weighted by atomic mass is 10.0. The minimum Gasteiger partial charge on any atom is -0.442 e. The van der Waals surface area contributed by atoms with Crippen LogP contribution in [0.4, 0.5) is 16.2 Å². The van der Waals surface area contributed by atoms with Gasteiger partial charge in [0.1, 0.15) is 6.10 Å². The molecule has 7 nitrogen and oxygen atoms in total. The van der Waals surface area contributed by atoms with E-state index in [0.717, 1.165) is 42.9 Å². The van der Waals surface area contributed by atoms with Crippen LogP contribution in [0.25, 0.3) is 4.85 Å². The maximum absolute atomic E-state index is 12.2. The van der Waals surface area contributed by atoms with E-state index in [-0.39, 0.29) is 18.1 Å². The van der Waals surface area contributed by atoms with E-state index in [1.54, 1.807) is 11.1 Å². The standard InChI is InChI=1S/C20H24N4O3/c1-14-10-17(24-13-18(27-20(24)26)12-22-15(2)25)4-5-19(14)23-8-6-16(7-9-23)11-21-3/h4-5,10-11,18H,6-9,12-13H2,1-2H3,(H,22,25)/t18-/m0/s1. The summed E-state index contributed by atoms with van der Waals surface area (Å²) in [4.78, 5) is 30.5. The van der Waals surface area contributed by atoms with Gasteiger partial charge in [-0.1, -0.05) is 5.57 Å². The zero-order valence-corrected chi connectivity index (χ0v) is 15.7. The fourth-order valence-electron chi connectivity index (χ4n) is 3.51. The highest BCUT2D eigenvalue weighted by Crippen LogP contribution is 2.30. The van der Waals surface area contributed by atoms with Crippen molar-refractivity contribution in [3.05, 3.63) is 47.0 Å². The molecule has 0 aromatic heterocycles. The van der Waals surface area contributed by atoms with E-state index in [0.29, 0.717) is 13.1 Å². The van der Waals surface area contributed by atoms with Crippen LogP contribution in [0.5, 0.6) is 0 Å². The van der Waals surface area contributed by atoms with Crippen LogP contribution in [-0.4, -0.2) is 44.3 Å². The van der Waals surface area contributed by atoms with Gasteiger partial charge in [0.05, 0.1) is 19.7 Å². The number of hydrogen-bond donors (Lipinski definition) is 1. The van der Waals surface area contributed by atoms with Gasteiger partial charge in [0.2, 0.25) is 5.91 Å². The first-order valence-corrected chi connectivity index (χ1v) is 9.10. The summed E-state index contributed by atoms with van der Waals surface area (Å²) in [6.45, 7) is 13.0. The van der Waals surface area contributed by atoms with Gasteiger partial charge in [0, 0.05) is 31.4 Å². The number of nitrogens with zero attached hydrogens (tertiary/aromatic N) is 3. The molecule has 1 aromatic carbocycles. The molecule has 2 aliphatic heterocycles. The van der Waals surface area contributed by atoms with Gasteiger partial charge in [0.15, 0.2) is 6.20 Å². The van der Waals surface area contributed by atoms with E-state index in [1.165, 1.54) is 12.5 Å². The summed E-state index contributed by atoms with van der Waals surface area (Å²) >= 11 is 0. The fraction of sp³-hybridized carbons (Fsp3) is 0.450. The Kier molecular flexibility index (Phi) is 5.65. The third kappa shape index (κ3) is 4.40. The first-order chi connectivity index (χ1) is 13.0. The Bertz CT molecular complexity index is 802. The topological polar surface area (TPSA) is 66.2 Å². The second-order valence-corrected chi connectivity index (χ2v) is 6.93. The van der Waals surface area contributed by atoms with Crippen LogP contribution in [-0.2, 0) is 9.53 Å². The van der Waals surface area contributed by atoms with Gasteiger partial charge in [-0.05, 0) is 43.5 Å². The second kappa shape index (κ2) is 8.12. The minimum atomic E-state index is -0.385. The van der Waals surface area contributed by atoms with Crippen LogP contribution in [0.3, 0.4) is 0 Å². The zero-order chi connectivity index (χ0) is 19.4. The lowest BCUT2D eigenvalue weighted by Gasteiger charge is -2.32. The Morgan fingerprint density at radius 3 is 2.78 bits per heavy atom. The molecule has 1 aromatic rings. The highest BCUT2D eigenvalue weighted by atomic mass is 16.6. The summed E-state index contributed by atoms with van der Waals surface area (Å²) in [5.74, 6) is -0.138. The van der Waals surface area contributed by atoms with Crippen molar-refractivity contribution < 1.29 is 14.3 Å². The van der Waals surface area contributed by atoms with Gasteiger partial charge in [0.25, 0.3) is 0 Å². The van der Waals surface area contributed by atoms with Crippen molar-refractivity contribution in [3.8, 4) is 0 Å². The minimum absolute atomic E-state index is 0.138. The number of piperidine rings is 1. The van der Waals surface area contributed by atoms with Gasteiger partial charge in [-0.25, -0.2) is 9.64 Å². The van der Waals surface area contributed by atoms with Crippen molar-refractivity contribution in [1.82, 2.24) is 5.32 Å². The molecule has 0 saturated carbocycles. The second-order valence-electron chi connectivity index (χ2n) is 6.93. The van der Waals surface area contributed by atoms with Crippen LogP contribution in [0.15, 0.2) is 30.0 Å². The number of cyclic esters (lactones) is 1. The van der Waals surface area contributed by atoms with Gasteiger partial charge in [-0.2, -0.15) is 0 Å². The Hall–Kier alpha value is -3.01. The smallest absolute Gasteiger partial charge is 0.414 e. The van der Waals surface area contributed by atoms with Gasteiger partial charge in [-0.15, -0.1) is 0 Å². The Morgan fingerprint density at radius 1 is 1.41 bits per heavy atom. The third-order valence-electron chi connectivity index (χ3n) is 4.94. The average Bonchev–Trinajstić information content (AvgIpc) is 3.02. The molecule has 2 saturated heterocycles. The molecular formula is C20H24N4O3. The van der Waals surface area contributed by atoms with Gasteiger partial charge >= 0.3 is 6.09 Å². The number of rotatable bonds is 4. The van der Waals surface area contributed by atoms with Crippen LogP contribution in [0.2, 0.25) is 0 Å². The van der Waals surface area contributed by atoms with Crippen LogP contribution in [0.1, 0.15) is 25.3 Å². The highest BCUT2D eigenvalue weighted by Gasteiger charge is 2.32. The molecule has 1 N–H and O–H groups in total. The van der Waals surface area contributed by atoms with E-state index in [9.17, 15) is 9.59 Å². The molecule has 3 rings (SSSR count). The molecule has 0 spiro atoms.